The zero-order valence-corrected chi connectivity index (χ0v) is 12.7. The van der Waals surface area contributed by atoms with Crippen LogP contribution in [0.4, 0.5) is 0 Å². The van der Waals surface area contributed by atoms with E-state index in [2.05, 4.69) is 5.32 Å². The summed E-state index contributed by atoms with van der Waals surface area (Å²) in [5.74, 6) is -0.429. The van der Waals surface area contributed by atoms with Crippen LogP contribution in [-0.2, 0) is 27.7 Å². The summed E-state index contributed by atoms with van der Waals surface area (Å²) in [6, 6.07) is 4.96. The number of nitrogens with one attached hydrogen (secondary N) is 1. The number of benzene rings is 1. The van der Waals surface area contributed by atoms with Gasteiger partial charge in [-0.2, -0.15) is 0 Å². The largest absolute Gasteiger partial charge is 0.465 e. The Morgan fingerprint density at radius 1 is 1.38 bits per heavy atom. The predicted octanol–water partition coefficient (Wildman–Crippen LogP) is 0.881. The van der Waals surface area contributed by atoms with E-state index < -0.39 is 16.0 Å². The Kier molecular flexibility index (Phi) is 3.26. The van der Waals surface area contributed by atoms with E-state index in [1.54, 1.807) is 18.2 Å². The molecule has 1 aliphatic rings. The predicted molar refractivity (Wildman–Crippen MR) is 78.9 cm³/mol. The normalized spacial score (nSPS) is 15.0. The van der Waals surface area contributed by atoms with Crippen molar-refractivity contribution >= 4 is 26.9 Å². The monoisotopic (exact) mass is 308 g/mol. The Balaban J connectivity index is 2.36. The standard InChI is InChI=1S/C14H16N2O4S/c1-20-14(17)9-3-4-12-10(7-9)11-8-15-6-5-13(11)16(12)21(2,18)19/h3-4,7,15H,5-6,8H2,1-2H3. The number of aromatic nitrogens is 1. The second-order valence-electron chi connectivity index (χ2n) is 5.10. The van der Waals surface area contributed by atoms with Crippen LogP contribution in [0.1, 0.15) is 21.6 Å². The van der Waals surface area contributed by atoms with Crippen molar-refractivity contribution < 1.29 is 17.9 Å². The molecule has 1 aromatic carbocycles. The van der Waals surface area contributed by atoms with Gasteiger partial charge in [-0.1, -0.05) is 0 Å². The van der Waals surface area contributed by atoms with E-state index in [1.807, 2.05) is 0 Å². The van der Waals surface area contributed by atoms with Crippen molar-refractivity contribution in [1.29, 1.82) is 0 Å². The Morgan fingerprint density at radius 2 is 2.14 bits per heavy atom. The van der Waals surface area contributed by atoms with E-state index in [0.717, 1.165) is 23.2 Å². The third-order valence-corrected chi connectivity index (χ3v) is 4.81. The number of hydrogen-bond donors (Lipinski definition) is 1. The molecule has 0 bridgehead atoms. The first-order valence-electron chi connectivity index (χ1n) is 6.59. The molecule has 0 amide bonds. The van der Waals surface area contributed by atoms with Crippen LogP contribution in [0.25, 0.3) is 10.9 Å². The molecule has 0 fully saturated rings. The lowest BCUT2D eigenvalue weighted by Crippen LogP contribution is -2.26. The van der Waals surface area contributed by atoms with Crippen molar-refractivity contribution in [2.24, 2.45) is 0 Å². The van der Waals surface area contributed by atoms with E-state index in [4.69, 9.17) is 4.74 Å². The molecule has 0 spiro atoms. The molecule has 21 heavy (non-hydrogen) atoms. The maximum atomic E-state index is 12.1. The summed E-state index contributed by atoms with van der Waals surface area (Å²) in [5, 5.41) is 4.02. The van der Waals surface area contributed by atoms with Gasteiger partial charge in [0.25, 0.3) is 0 Å². The highest BCUT2D eigenvalue weighted by Gasteiger charge is 2.25. The van der Waals surface area contributed by atoms with Crippen LogP contribution in [0, 0.1) is 0 Å². The van der Waals surface area contributed by atoms with Crippen molar-refractivity contribution in [3.05, 3.63) is 35.0 Å². The number of rotatable bonds is 2. The molecule has 1 aliphatic heterocycles. The first-order valence-corrected chi connectivity index (χ1v) is 8.44. The molecule has 0 radical (unpaired) electrons. The fourth-order valence-electron chi connectivity index (χ4n) is 2.87. The van der Waals surface area contributed by atoms with Crippen molar-refractivity contribution in [2.75, 3.05) is 19.9 Å². The number of hydrogen-bond acceptors (Lipinski definition) is 5. The van der Waals surface area contributed by atoms with Gasteiger partial charge in [-0.15, -0.1) is 0 Å². The van der Waals surface area contributed by atoms with Crippen LogP contribution in [0.15, 0.2) is 18.2 Å². The van der Waals surface area contributed by atoms with Crippen LogP contribution < -0.4 is 5.32 Å². The molecule has 1 N–H and O–H groups in total. The summed E-state index contributed by atoms with van der Waals surface area (Å²) < 4.78 is 30.3. The lowest BCUT2D eigenvalue weighted by Gasteiger charge is -2.15. The van der Waals surface area contributed by atoms with E-state index >= 15 is 0 Å². The molecule has 3 rings (SSSR count). The number of ether oxygens (including phenoxy) is 1. The molecule has 2 aromatic rings. The van der Waals surface area contributed by atoms with E-state index in [-0.39, 0.29) is 0 Å². The van der Waals surface area contributed by atoms with E-state index in [0.29, 0.717) is 24.0 Å². The quantitative estimate of drug-likeness (QED) is 0.833. The minimum absolute atomic E-state index is 0.420. The molecule has 7 heteroatoms. The Morgan fingerprint density at radius 3 is 2.81 bits per heavy atom. The van der Waals surface area contributed by atoms with Gasteiger partial charge in [0.05, 0.1) is 24.4 Å². The highest BCUT2D eigenvalue weighted by atomic mass is 32.2. The summed E-state index contributed by atoms with van der Waals surface area (Å²) in [6.07, 6.45) is 1.84. The van der Waals surface area contributed by atoms with Crippen molar-refractivity contribution in [3.8, 4) is 0 Å². The third-order valence-electron chi connectivity index (χ3n) is 3.73. The van der Waals surface area contributed by atoms with Gasteiger partial charge in [-0.05, 0) is 23.8 Å². The number of carbonyl (C=O) groups is 1. The summed E-state index contributed by atoms with van der Waals surface area (Å²) in [4.78, 5) is 11.7. The Hall–Kier alpha value is -1.86. The molecule has 112 valence electrons. The zero-order chi connectivity index (χ0) is 15.2. The van der Waals surface area contributed by atoms with Gasteiger partial charge in [0.1, 0.15) is 0 Å². The summed E-state index contributed by atoms with van der Waals surface area (Å²) in [5.41, 5.74) is 2.77. The molecule has 0 saturated heterocycles. The molecule has 0 aliphatic carbocycles. The van der Waals surface area contributed by atoms with Crippen LogP contribution in [0.3, 0.4) is 0 Å². The van der Waals surface area contributed by atoms with Crippen LogP contribution in [0.2, 0.25) is 0 Å². The molecular formula is C14H16N2O4S. The second-order valence-corrected chi connectivity index (χ2v) is 6.93. The highest BCUT2D eigenvalue weighted by Crippen LogP contribution is 2.30. The molecule has 2 heterocycles. The number of nitrogens with zero attached hydrogens (tertiary/aromatic N) is 1. The lowest BCUT2D eigenvalue weighted by molar-refractivity contribution is 0.0601. The van der Waals surface area contributed by atoms with Gasteiger partial charge in [0.2, 0.25) is 10.0 Å². The van der Waals surface area contributed by atoms with Crippen molar-refractivity contribution in [1.82, 2.24) is 9.29 Å². The lowest BCUT2D eigenvalue weighted by atomic mass is 10.0. The fraction of sp³-hybridized carbons (Fsp3) is 0.357. The average molecular weight is 308 g/mol. The van der Waals surface area contributed by atoms with Gasteiger partial charge < -0.3 is 10.1 Å². The molecular weight excluding hydrogens is 292 g/mol. The Bertz CT molecular complexity index is 836. The second kappa shape index (κ2) is 4.85. The minimum Gasteiger partial charge on any atom is -0.465 e. The summed E-state index contributed by atoms with van der Waals surface area (Å²) >= 11 is 0. The molecule has 0 unspecified atom stereocenters. The van der Waals surface area contributed by atoms with Crippen molar-refractivity contribution in [2.45, 2.75) is 13.0 Å². The molecule has 1 aromatic heterocycles. The molecule has 0 saturated carbocycles. The number of esters is 1. The van der Waals surface area contributed by atoms with Crippen LogP contribution >= 0.6 is 0 Å². The van der Waals surface area contributed by atoms with Crippen molar-refractivity contribution in [3.63, 3.8) is 0 Å². The SMILES string of the molecule is COC(=O)c1ccc2c(c1)c1c(n2S(C)(=O)=O)CCNC1. The first kappa shape index (κ1) is 14.1. The zero-order valence-electron chi connectivity index (χ0n) is 11.8. The maximum Gasteiger partial charge on any atom is 0.337 e. The molecule has 0 atom stereocenters. The topological polar surface area (TPSA) is 77.4 Å². The minimum atomic E-state index is -3.39. The maximum absolute atomic E-state index is 12.1. The van der Waals surface area contributed by atoms with Gasteiger partial charge in [-0.3, -0.25) is 0 Å². The van der Waals surface area contributed by atoms with E-state index in [1.165, 1.54) is 17.3 Å². The summed E-state index contributed by atoms with van der Waals surface area (Å²) in [7, 11) is -2.07. The summed E-state index contributed by atoms with van der Waals surface area (Å²) in [6.45, 7) is 1.34. The highest BCUT2D eigenvalue weighted by molar-refractivity contribution is 7.89. The van der Waals surface area contributed by atoms with Crippen LogP contribution in [-0.4, -0.2) is 38.3 Å². The van der Waals surface area contributed by atoms with Gasteiger partial charge in [-0.25, -0.2) is 17.2 Å². The fourth-order valence-corrected chi connectivity index (χ4v) is 3.99. The smallest absolute Gasteiger partial charge is 0.337 e. The first-order chi connectivity index (χ1) is 9.93. The van der Waals surface area contributed by atoms with Gasteiger partial charge >= 0.3 is 5.97 Å². The van der Waals surface area contributed by atoms with Gasteiger partial charge in [0.15, 0.2) is 0 Å². The van der Waals surface area contributed by atoms with Crippen LogP contribution in [0.5, 0.6) is 0 Å². The molecule has 6 nitrogen and oxygen atoms in total. The van der Waals surface area contributed by atoms with E-state index in [9.17, 15) is 13.2 Å². The third kappa shape index (κ3) is 2.22. The number of methoxy groups -OCH3 is 1. The Labute approximate surface area is 122 Å². The number of carbonyl (C=O) groups excluding carboxylic acids is 1. The van der Waals surface area contributed by atoms with Gasteiger partial charge in [0, 0.05) is 30.6 Å². The number of fused-ring (bicyclic) bond motifs is 3. The average Bonchev–Trinajstić information content (AvgIpc) is 2.80.